The summed E-state index contributed by atoms with van der Waals surface area (Å²) < 4.78 is 20.5. The Morgan fingerprint density at radius 2 is 1.94 bits per heavy atom. The Morgan fingerprint density at radius 1 is 1.16 bits per heavy atom. The highest BCUT2D eigenvalue weighted by Crippen LogP contribution is 2.24. The van der Waals surface area contributed by atoms with Gasteiger partial charge in [-0.25, -0.2) is 9.37 Å². The van der Waals surface area contributed by atoms with Crippen molar-refractivity contribution in [1.82, 2.24) is 14.3 Å². The van der Waals surface area contributed by atoms with Gasteiger partial charge in [0.1, 0.15) is 5.82 Å². The van der Waals surface area contributed by atoms with Crippen LogP contribution < -0.4 is 0 Å². The predicted octanol–water partition coefficient (Wildman–Crippen LogP) is 4.93. The molecule has 0 aliphatic rings. The highest BCUT2D eigenvalue weighted by Gasteiger charge is 2.14. The Labute approximate surface area is 190 Å². The van der Waals surface area contributed by atoms with Gasteiger partial charge in [0.25, 0.3) is 0 Å². The summed E-state index contributed by atoms with van der Waals surface area (Å²) in [6, 6.07) is 16.1. The number of nitrogens with zero attached hydrogens (tertiary/aromatic N) is 3. The van der Waals surface area contributed by atoms with E-state index in [0.29, 0.717) is 26.1 Å². The van der Waals surface area contributed by atoms with Crippen LogP contribution in [0, 0.1) is 5.82 Å². The first-order chi connectivity index (χ1) is 15.6. The minimum absolute atomic E-state index is 0.0463. The van der Waals surface area contributed by atoms with Crippen LogP contribution in [0.4, 0.5) is 4.39 Å². The molecule has 1 amide bonds. The number of ether oxygens (including phenoxy) is 1. The highest BCUT2D eigenvalue weighted by atomic mass is 32.1. The molecule has 0 aliphatic heterocycles. The quantitative estimate of drug-likeness (QED) is 0.340. The van der Waals surface area contributed by atoms with Crippen molar-refractivity contribution in [2.75, 3.05) is 26.8 Å². The molecule has 4 rings (SSSR count). The molecule has 0 saturated carbocycles. The van der Waals surface area contributed by atoms with Crippen LogP contribution in [-0.4, -0.2) is 47.0 Å². The molecule has 164 valence electrons. The maximum absolute atomic E-state index is 13.2. The van der Waals surface area contributed by atoms with Crippen molar-refractivity contribution >= 4 is 28.3 Å². The van der Waals surface area contributed by atoms with E-state index in [1.54, 1.807) is 41.6 Å². The summed E-state index contributed by atoms with van der Waals surface area (Å²) in [6.45, 7) is 1.56. The van der Waals surface area contributed by atoms with Gasteiger partial charge in [-0.15, -0.1) is 11.3 Å². The molecular formula is C25H24FN3O2S. The Balaban J connectivity index is 1.47. The average Bonchev–Trinajstić information content (AvgIpc) is 3.40. The number of fused-ring (bicyclic) bond motifs is 1. The number of thiazole rings is 1. The molecule has 2 heterocycles. The molecular weight excluding hydrogens is 425 g/mol. The van der Waals surface area contributed by atoms with Gasteiger partial charge < -0.3 is 9.64 Å². The van der Waals surface area contributed by atoms with E-state index in [9.17, 15) is 9.18 Å². The number of rotatable bonds is 9. The molecule has 0 saturated heterocycles. The number of aromatic nitrogens is 2. The summed E-state index contributed by atoms with van der Waals surface area (Å²) in [5.41, 5.74) is 3.74. The van der Waals surface area contributed by atoms with Crippen LogP contribution in [0.25, 0.3) is 22.3 Å². The number of carbonyl (C=O) groups is 1. The minimum atomic E-state index is -0.266. The molecule has 2 aromatic carbocycles. The molecule has 0 aliphatic carbocycles. The molecule has 0 unspecified atom stereocenters. The third-order valence-corrected chi connectivity index (χ3v) is 6.04. The molecule has 7 heteroatoms. The van der Waals surface area contributed by atoms with Gasteiger partial charge in [0.15, 0.2) is 4.96 Å². The van der Waals surface area contributed by atoms with Gasteiger partial charge >= 0.3 is 0 Å². The lowest BCUT2D eigenvalue weighted by atomic mass is 10.2. The molecule has 0 spiro atoms. The first kappa shape index (κ1) is 21.9. The van der Waals surface area contributed by atoms with E-state index >= 15 is 0 Å². The summed E-state index contributed by atoms with van der Waals surface area (Å²) in [7, 11) is 1.63. The van der Waals surface area contributed by atoms with Gasteiger partial charge in [-0.05, 0) is 35.9 Å². The zero-order chi connectivity index (χ0) is 22.3. The summed E-state index contributed by atoms with van der Waals surface area (Å²) in [5.74, 6) is -0.312. The van der Waals surface area contributed by atoms with Crippen LogP contribution in [0.1, 0.15) is 11.3 Å². The van der Waals surface area contributed by atoms with E-state index in [1.165, 1.54) is 12.1 Å². The van der Waals surface area contributed by atoms with Gasteiger partial charge in [-0.3, -0.25) is 9.20 Å². The molecule has 4 aromatic rings. The van der Waals surface area contributed by atoms with E-state index < -0.39 is 0 Å². The van der Waals surface area contributed by atoms with Crippen molar-refractivity contribution in [3.8, 4) is 11.3 Å². The Morgan fingerprint density at radius 3 is 2.69 bits per heavy atom. The smallest absolute Gasteiger partial charge is 0.246 e. The fraction of sp³-hybridized carbons (Fsp3) is 0.200. The fourth-order valence-electron chi connectivity index (χ4n) is 3.39. The van der Waals surface area contributed by atoms with Crippen molar-refractivity contribution < 1.29 is 13.9 Å². The maximum atomic E-state index is 13.2. The normalized spacial score (nSPS) is 11.4. The van der Waals surface area contributed by atoms with Gasteiger partial charge in [-0.1, -0.05) is 30.3 Å². The standard InChI is InChI=1S/C25H24FN3O2S/c1-31-16-15-28(24(30)12-7-19-5-3-2-4-6-19)14-13-22-18-32-25-27-23(17-29(22)25)20-8-10-21(26)11-9-20/h2-12,17-18H,13-16H2,1H3/b12-7+. The van der Waals surface area contributed by atoms with Gasteiger partial charge in [0.2, 0.25) is 5.91 Å². The van der Waals surface area contributed by atoms with E-state index in [0.717, 1.165) is 27.5 Å². The Hall–Kier alpha value is -3.29. The van der Waals surface area contributed by atoms with Crippen LogP contribution in [0.15, 0.2) is 72.3 Å². The molecule has 0 N–H and O–H groups in total. The molecule has 0 radical (unpaired) electrons. The number of hydrogen-bond donors (Lipinski definition) is 0. The van der Waals surface area contributed by atoms with Crippen molar-refractivity contribution in [2.24, 2.45) is 0 Å². The van der Waals surface area contributed by atoms with Crippen molar-refractivity contribution in [1.29, 1.82) is 0 Å². The van der Waals surface area contributed by atoms with Gasteiger partial charge in [0.05, 0.1) is 12.3 Å². The lowest BCUT2D eigenvalue weighted by Crippen LogP contribution is -2.34. The third-order valence-electron chi connectivity index (χ3n) is 5.16. The molecule has 5 nitrogen and oxygen atoms in total. The summed E-state index contributed by atoms with van der Waals surface area (Å²) in [5, 5.41) is 2.07. The monoisotopic (exact) mass is 449 g/mol. The SMILES string of the molecule is COCCN(CCc1csc2nc(-c3ccc(F)cc3)cn12)C(=O)/C=C/c1ccccc1. The summed E-state index contributed by atoms with van der Waals surface area (Å²) in [6.07, 6.45) is 6.09. The average molecular weight is 450 g/mol. The van der Waals surface area contributed by atoms with Gasteiger partial charge in [-0.2, -0.15) is 0 Å². The highest BCUT2D eigenvalue weighted by molar-refractivity contribution is 7.15. The number of benzene rings is 2. The van der Waals surface area contributed by atoms with Gasteiger partial charge in [0, 0.05) is 55.5 Å². The molecule has 2 aromatic heterocycles. The minimum Gasteiger partial charge on any atom is -0.383 e. The molecule has 0 fully saturated rings. The molecule has 0 bridgehead atoms. The van der Waals surface area contributed by atoms with Crippen molar-refractivity contribution in [3.05, 3.63) is 89.3 Å². The number of methoxy groups -OCH3 is 1. The first-order valence-corrected chi connectivity index (χ1v) is 11.2. The predicted molar refractivity (Wildman–Crippen MR) is 126 cm³/mol. The molecule has 32 heavy (non-hydrogen) atoms. The Kier molecular flexibility index (Phi) is 7.09. The van der Waals surface area contributed by atoms with E-state index in [-0.39, 0.29) is 11.7 Å². The van der Waals surface area contributed by atoms with Crippen LogP contribution >= 0.6 is 11.3 Å². The van der Waals surface area contributed by atoms with Crippen LogP contribution in [0.2, 0.25) is 0 Å². The van der Waals surface area contributed by atoms with Crippen LogP contribution in [0.3, 0.4) is 0 Å². The lowest BCUT2D eigenvalue weighted by Gasteiger charge is -2.20. The summed E-state index contributed by atoms with van der Waals surface area (Å²) >= 11 is 1.55. The maximum Gasteiger partial charge on any atom is 0.246 e. The van der Waals surface area contributed by atoms with E-state index in [4.69, 9.17) is 4.74 Å². The number of imidazole rings is 1. The largest absolute Gasteiger partial charge is 0.383 e. The number of amides is 1. The van der Waals surface area contributed by atoms with E-state index in [1.807, 2.05) is 47.0 Å². The van der Waals surface area contributed by atoms with Crippen molar-refractivity contribution in [2.45, 2.75) is 6.42 Å². The zero-order valence-corrected chi connectivity index (χ0v) is 18.6. The number of hydrogen-bond acceptors (Lipinski definition) is 4. The first-order valence-electron chi connectivity index (χ1n) is 10.4. The second-order valence-corrected chi connectivity index (χ2v) is 8.16. The van der Waals surface area contributed by atoms with Crippen LogP contribution in [-0.2, 0) is 16.0 Å². The zero-order valence-electron chi connectivity index (χ0n) is 17.8. The van der Waals surface area contributed by atoms with Crippen LogP contribution in [0.5, 0.6) is 0 Å². The number of carbonyl (C=O) groups excluding carboxylic acids is 1. The third kappa shape index (κ3) is 5.30. The number of halogens is 1. The summed E-state index contributed by atoms with van der Waals surface area (Å²) in [4.78, 5) is 20.1. The fourth-order valence-corrected chi connectivity index (χ4v) is 4.30. The second-order valence-electron chi connectivity index (χ2n) is 7.32. The molecule has 0 atom stereocenters. The Bertz CT molecular complexity index is 1200. The topological polar surface area (TPSA) is 46.8 Å². The van der Waals surface area contributed by atoms with Crippen molar-refractivity contribution in [3.63, 3.8) is 0 Å². The van der Waals surface area contributed by atoms with E-state index in [2.05, 4.69) is 10.4 Å². The lowest BCUT2D eigenvalue weighted by molar-refractivity contribution is -0.126. The second kappa shape index (κ2) is 10.3.